The number of anilines is 1. The first kappa shape index (κ1) is 22.2. The Bertz CT molecular complexity index is 1390. The summed E-state index contributed by atoms with van der Waals surface area (Å²) in [6.45, 7) is 2.10. The van der Waals surface area contributed by atoms with Crippen molar-refractivity contribution < 1.29 is 18.3 Å². The van der Waals surface area contributed by atoms with Crippen LogP contribution >= 0.6 is 11.6 Å². The van der Waals surface area contributed by atoms with Crippen LogP contribution in [0.25, 0.3) is 5.65 Å². The number of hydrogen-bond acceptors (Lipinski definition) is 4. The van der Waals surface area contributed by atoms with Crippen LogP contribution in [-0.4, -0.2) is 21.8 Å². The number of para-hydroxylation sites is 1. The lowest BCUT2D eigenvalue weighted by atomic mass is 9.98. The number of pyridine rings is 1. The summed E-state index contributed by atoms with van der Waals surface area (Å²) < 4.78 is 35.3. The van der Waals surface area contributed by atoms with E-state index in [9.17, 15) is 13.6 Å². The molecule has 6 nitrogen and oxygen atoms in total. The number of nitrogens with zero attached hydrogens (tertiary/aromatic N) is 2. The average Bonchev–Trinajstić information content (AvgIpc) is 3.14. The van der Waals surface area contributed by atoms with Crippen molar-refractivity contribution in [1.82, 2.24) is 14.7 Å². The van der Waals surface area contributed by atoms with Crippen LogP contribution in [0.5, 0.6) is 5.75 Å². The Kier molecular flexibility index (Phi) is 5.83. The highest BCUT2D eigenvalue weighted by atomic mass is 35.5. The third-order valence-corrected chi connectivity index (χ3v) is 6.07. The molecule has 4 aromatic rings. The van der Waals surface area contributed by atoms with Crippen molar-refractivity contribution in [2.45, 2.75) is 26.0 Å². The van der Waals surface area contributed by atoms with E-state index in [1.54, 1.807) is 17.5 Å². The zero-order chi connectivity index (χ0) is 23.8. The third-order valence-electron chi connectivity index (χ3n) is 5.87. The Balaban J connectivity index is 1.46. The first-order valence-corrected chi connectivity index (χ1v) is 11.2. The molecule has 0 bridgehead atoms. The van der Waals surface area contributed by atoms with Crippen LogP contribution in [0.15, 0.2) is 54.7 Å². The molecule has 0 aliphatic carbocycles. The molecule has 1 atom stereocenters. The predicted octanol–water partition coefficient (Wildman–Crippen LogP) is 5.44. The van der Waals surface area contributed by atoms with Crippen molar-refractivity contribution >= 4 is 28.8 Å². The van der Waals surface area contributed by atoms with Crippen molar-refractivity contribution in [2.24, 2.45) is 0 Å². The Morgan fingerprint density at radius 1 is 1.24 bits per heavy atom. The van der Waals surface area contributed by atoms with Gasteiger partial charge in [-0.05, 0) is 37.1 Å². The zero-order valence-electron chi connectivity index (χ0n) is 18.2. The van der Waals surface area contributed by atoms with Crippen LogP contribution in [0.3, 0.4) is 0 Å². The summed E-state index contributed by atoms with van der Waals surface area (Å²) in [4.78, 5) is 17.8. The number of aromatic nitrogens is 2. The lowest BCUT2D eigenvalue weighted by Crippen LogP contribution is -2.33. The van der Waals surface area contributed by atoms with Gasteiger partial charge >= 0.3 is 0 Å². The summed E-state index contributed by atoms with van der Waals surface area (Å²) >= 11 is 6.30. The molecule has 9 heteroatoms. The Morgan fingerprint density at radius 3 is 2.79 bits per heavy atom. The average molecular weight is 483 g/mol. The SMILES string of the molecule is Cc1nc2c(OCc3c(F)cccc3F)cc(Cl)cn2c1C(=O)NC1CCNc2ccccc21. The van der Waals surface area contributed by atoms with E-state index in [0.717, 1.165) is 36.3 Å². The normalized spacial score (nSPS) is 15.0. The summed E-state index contributed by atoms with van der Waals surface area (Å²) in [6.07, 6.45) is 2.31. The van der Waals surface area contributed by atoms with Gasteiger partial charge in [-0.25, -0.2) is 13.8 Å². The monoisotopic (exact) mass is 482 g/mol. The minimum absolute atomic E-state index is 0.158. The van der Waals surface area contributed by atoms with Crippen LogP contribution in [0.2, 0.25) is 5.02 Å². The molecule has 0 fully saturated rings. The molecule has 0 saturated carbocycles. The van der Waals surface area contributed by atoms with Gasteiger partial charge in [0.1, 0.15) is 23.9 Å². The molecule has 1 aliphatic heterocycles. The molecule has 2 N–H and O–H groups in total. The second-order valence-electron chi connectivity index (χ2n) is 8.08. The van der Waals surface area contributed by atoms with Crippen LogP contribution in [0.4, 0.5) is 14.5 Å². The highest BCUT2D eigenvalue weighted by Crippen LogP contribution is 2.31. The molecule has 2 aromatic heterocycles. The zero-order valence-corrected chi connectivity index (χ0v) is 19.0. The minimum atomic E-state index is -0.708. The van der Waals surface area contributed by atoms with Gasteiger partial charge < -0.3 is 15.4 Å². The molecular weight excluding hydrogens is 462 g/mol. The molecule has 34 heavy (non-hydrogen) atoms. The summed E-state index contributed by atoms with van der Waals surface area (Å²) in [7, 11) is 0. The number of imidazole rings is 1. The van der Waals surface area contributed by atoms with Crippen molar-refractivity contribution in [3.63, 3.8) is 0 Å². The van der Waals surface area contributed by atoms with Gasteiger partial charge in [-0.15, -0.1) is 0 Å². The van der Waals surface area contributed by atoms with Gasteiger partial charge in [0.05, 0.1) is 22.3 Å². The van der Waals surface area contributed by atoms with E-state index < -0.39 is 11.6 Å². The van der Waals surface area contributed by atoms with Crippen LogP contribution in [0, 0.1) is 18.6 Å². The highest BCUT2D eigenvalue weighted by Gasteiger charge is 2.26. The minimum Gasteiger partial charge on any atom is -0.485 e. The summed E-state index contributed by atoms with van der Waals surface area (Å²) in [5.74, 6) is -1.51. The maximum Gasteiger partial charge on any atom is 0.270 e. The number of aryl methyl sites for hydroxylation is 1. The second-order valence-corrected chi connectivity index (χ2v) is 8.52. The number of amides is 1. The molecule has 2 aromatic carbocycles. The molecular formula is C25H21ClF2N4O2. The van der Waals surface area contributed by atoms with Crippen molar-refractivity contribution in [1.29, 1.82) is 0 Å². The van der Waals surface area contributed by atoms with Gasteiger partial charge in [0, 0.05) is 24.5 Å². The van der Waals surface area contributed by atoms with E-state index in [0.29, 0.717) is 17.0 Å². The molecule has 174 valence electrons. The molecule has 1 unspecified atom stereocenters. The number of hydrogen-bond donors (Lipinski definition) is 2. The fraction of sp³-hybridized carbons (Fsp3) is 0.200. The molecule has 0 spiro atoms. The Morgan fingerprint density at radius 2 is 2.00 bits per heavy atom. The number of carbonyl (C=O) groups is 1. The summed E-state index contributed by atoms with van der Waals surface area (Å²) in [6, 6.07) is 12.8. The number of rotatable bonds is 5. The van der Waals surface area contributed by atoms with E-state index in [1.807, 2.05) is 24.3 Å². The van der Waals surface area contributed by atoms with E-state index in [-0.39, 0.29) is 34.9 Å². The van der Waals surface area contributed by atoms with Gasteiger partial charge in [0.2, 0.25) is 0 Å². The van der Waals surface area contributed by atoms with Crippen molar-refractivity contribution in [3.8, 4) is 5.75 Å². The maximum atomic E-state index is 14.0. The maximum absolute atomic E-state index is 14.0. The number of carbonyl (C=O) groups excluding carboxylic acids is 1. The molecule has 0 saturated heterocycles. The summed E-state index contributed by atoms with van der Waals surface area (Å²) in [5.41, 5.74) is 2.93. The van der Waals surface area contributed by atoms with Gasteiger partial charge in [-0.3, -0.25) is 9.20 Å². The molecule has 5 rings (SSSR count). The van der Waals surface area contributed by atoms with Gasteiger partial charge in [0.25, 0.3) is 5.91 Å². The molecule has 3 heterocycles. The van der Waals surface area contributed by atoms with Gasteiger partial charge in [-0.2, -0.15) is 0 Å². The lowest BCUT2D eigenvalue weighted by Gasteiger charge is -2.27. The van der Waals surface area contributed by atoms with Crippen LogP contribution in [0.1, 0.15) is 39.8 Å². The number of benzene rings is 2. The first-order chi connectivity index (χ1) is 16.4. The first-order valence-electron chi connectivity index (χ1n) is 10.8. The van der Waals surface area contributed by atoms with E-state index >= 15 is 0 Å². The van der Waals surface area contributed by atoms with E-state index in [4.69, 9.17) is 16.3 Å². The quantitative estimate of drug-likeness (QED) is 0.397. The molecule has 0 radical (unpaired) electrons. The van der Waals surface area contributed by atoms with Gasteiger partial charge in [-0.1, -0.05) is 35.9 Å². The largest absolute Gasteiger partial charge is 0.485 e. The number of halogens is 3. The molecule has 1 amide bonds. The second kappa shape index (κ2) is 8.95. The molecule has 1 aliphatic rings. The predicted molar refractivity (Wildman–Crippen MR) is 125 cm³/mol. The fourth-order valence-electron chi connectivity index (χ4n) is 4.24. The third kappa shape index (κ3) is 4.05. The van der Waals surface area contributed by atoms with Gasteiger partial charge in [0.15, 0.2) is 11.4 Å². The van der Waals surface area contributed by atoms with Crippen molar-refractivity contribution in [2.75, 3.05) is 11.9 Å². The van der Waals surface area contributed by atoms with Crippen LogP contribution in [-0.2, 0) is 6.61 Å². The Labute approximate surface area is 199 Å². The fourth-order valence-corrected chi connectivity index (χ4v) is 4.44. The standard InChI is InChI=1S/C25H21ClF2N4O2/c1-14-23(25(33)31-21-9-10-29-20-8-3-2-5-16(20)21)32-12-15(26)11-22(24(32)30-14)34-13-17-18(27)6-4-7-19(17)28/h2-8,11-12,21,29H,9-10,13H2,1H3,(H,31,33). The number of fused-ring (bicyclic) bond motifs is 2. The van der Waals surface area contributed by atoms with Crippen molar-refractivity contribution in [3.05, 3.63) is 93.9 Å². The van der Waals surface area contributed by atoms with E-state index in [2.05, 4.69) is 15.6 Å². The number of nitrogens with one attached hydrogen (secondary N) is 2. The number of ether oxygens (including phenoxy) is 1. The Hall–Kier alpha value is -3.65. The highest BCUT2D eigenvalue weighted by molar-refractivity contribution is 6.30. The smallest absolute Gasteiger partial charge is 0.270 e. The summed E-state index contributed by atoms with van der Waals surface area (Å²) in [5, 5.41) is 6.72. The topological polar surface area (TPSA) is 67.7 Å². The lowest BCUT2D eigenvalue weighted by molar-refractivity contribution is 0.0928. The van der Waals surface area contributed by atoms with E-state index in [1.165, 1.54) is 12.1 Å². The van der Waals surface area contributed by atoms with Crippen LogP contribution < -0.4 is 15.4 Å².